The third-order valence-corrected chi connectivity index (χ3v) is 3.27. The molecule has 0 amide bonds. The molecule has 3 N–H and O–H groups in total. The first-order valence-electron chi connectivity index (χ1n) is 6.82. The van der Waals surface area contributed by atoms with Gasteiger partial charge in [0.15, 0.2) is 0 Å². The summed E-state index contributed by atoms with van der Waals surface area (Å²) in [7, 11) is 0. The first-order chi connectivity index (χ1) is 10.2. The van der Waals surface area contributed by atoms with Gasteiger partial charge in [0, 0.05) is 0 Å². The average Bonchev–Trinajstić information content (AvgIpc) is 2.52. The third kappa shape index (κ3) is 4.45. The molecule has 0 aromatic heterocycles. The second-order valence-corrected chi connectivity index (χ2v) is 4.87. The van der Waals surface area contributed by atoms with Crippen molar-refractivity contribution in [1.82, 2.24) is 0 Å². The number of benzene rings is 2. The molecule has 0 spiro atoms. The first kappa shape index (κ1) is 14.8. The molecule has 0 aliphatic carbocycles. The molecule has 0 saturated carbocycles. The lowest BCUT2D eigenvalue weighted by molar-refractivity contribution is 0.478. The van der Waals surface area contributed by atoms with Crippen LogP contribution >= 0.6 is 0 Å². The lowest BCUT2D eigenvalue weighted by Gasteiger charge is -2.05. The van der Waals surface area contributed by atoms with Gasteiger partial charge in [-0.2, -0.15) is 4.91 Å². The Bertz CT molecular complexity index is 624. The summed E-state index contributed by atoms with van der Waals surface area (Å²) in [6, 6.07) is 14.5. The number of hydrogen-bond acceptors (Lipinski definition) is 4. The summed E-state index contributed by atoms with van der Waals surface area (Å²) in [6.45, 7) is 0. The Balaban J connectivity index is 1.96. The number of nitroso groups, excluding NO2 is 1. The smallest absolute Gasteiger partial charge is 0.138 e. The van der Waals surface area contributed by atoms with E-state index >= 15 is 0 Å². The average molecular weight is 282 g/mol. The number of nitrogen functional groups attached to an aromatic ring is 1. The quantitative estimate of drug-likeness (QED) is 0.481. The van der Waals surface area contributed by atoms with E-state index < -0.39 is 0 Å². The van der Waals surface area contributed by atoms with Gasteiger partial charge in [0.1, 0.15) is 11.8 Å². The van der Waals surface area contributed by atoms with Crippen LogP contribution in [0, 0.1) is 4.91 Å². The standard InChI is InChI=1S/C17H18N2O2/c18-16-12-14(8-11-17(16)20)7-10-15(19-21)9-6-13-4-2-1-3-5-13/h1-5,7-8,10-12,15,20H,6,9,18H2. The van der Waals surface area contributed by atoms with Crippen molar-refractivity contribution >= 4 is 11.8 Å². The van der Waals surface area contributed by atoms with Crippen molar-refractivity contribution in [2.24, 2.45) is 5.18 Å². The predicted octanol–water partition coefficient (Wildman–Crippen LogP) is 3.76. The van der Waals surface area contributed by atoms with Crippen LogP contribution in [0.15, 0.2) is 59.8 Å². The molecule has 108 valence electrons. The van der Waals surface area contributed by atoms with Crippen LogP contribution in [0.5, 0.6) is 5.75 Å². The highest BCUT2D eigenvalue weighted by atomic mass is 16.3. The number of anilines is 1. The van der Waals surface area contributed by atoms with E-state index in [0.29, 0.717) is 12.1 Å². The minimum Gasteiger partial charge on any atom is -0.506 e. The maximum atomic E-state index is 10.9. The molecule has 21 heavy (non-hydrogen) atoms. The molecule has 0 bridgehead atoms. The Morgan fingerprint density at radius 2 is 1.95 bits per heavy atom. The molecule has 0 aliphatic rings. The van der Waals surface area contributed by atoms with Crippen molar-refractivity contribution in [3.8, 4) is 5.75 Å². The van der Waals surface area contributed by atoms with E-state index in [4.69, 9.17) is 5.73 Å². The van der Waals surface area contributed by atoms with Gasteiger partial charge in [-0.15, -0.1) is 0 Å². The van der Waals surface area contributed by atoms with Crippen molar-refractivity contribution in [2.75, 3.05) is 5.73 Å². The van der Waals surface area contributed by atoms with Gasteiger partial charge < -0.3 is 10.8 Å². The number of aromatic hydroxyl groups is 1. The molecule has 2 rings (SSSR count). The van der Waals surface area contributed by atoms with E-state index in [2.05, 4.69) is 5.18 Å². The lowest BCUT2D eigenvalue weighted by Crippen LogP contribution is -2.01. The van der Waals surface area contributed by atoms with E-state index in [1.165, 1.54) is 11.6 Å². The van der Waals surface area contributed by atoms with Crippen molar-refractivity contribution in [3.63, 3.8) is 0 Å². The molecule has 0 saturated heterocycles. The number of nitrogens with two attached hydrogens (primary N) is 1. The Kier molecular flexibility index (Phi) is 5.10. The van der Waals surface area contributed by atoms with Gasteiger partial charge in [-0.25, -0.2) is 0 Å². The van der Waals surface area contributed by atoms with E-state index in [0.717, 1.165) is 12.0 Å². The fourth-order valence-electron chi connectivity index (χ4n) is 2.04. The highest BCUT2D eigenvalue weighted by Crippen LogP contribution is 2.21. The second kappa shape index (κ2) is 7.24. The van der Waals surface area contributed by atoms with Gasteiger partial charge in [-0.1, -0.05) is 53.7 Å². The molecule has 0 heterocycles. The number of aryl methyl sites for hydroxylation is 1. The van der Waals surface area contributed by atoms with E-state index in [1.807, 2.05) is 30.3 Å². The fourth-order valence-corrected chi connectivity index (χ4v) is 2.04. The van der Waals surface area contributed by atoms with E-state index in [9.17, 15) is 10.0 Å². The fraction of sp³-hybridized carbons (Fsp3) is 0.176. The van der Waals surface area contributed by atoms with Crippen LogP contribution in [0.1, 0.15) is 17.5 Å². The predicted molar refractivity (Wildman–Crippen MR) is 85.9 cm³/mol. The molecule has 4 nitrogen and oxygen atoms in total. The van der Waals surface area contributed by atoms with Gasteiger partial charge >= 0.3 is 0 Å². The number of phenols is 1. The van der Waals surface area contributed by atoms with Crippen LogP contribution in [-0.2, 0) is 6.42 Å². The summed E-state index contributed by atoms with van der Waals surface area (Å²) in [5.41, 5.74) is 7.96. The van der Waals surface area contributed by atoms with Crippen LogP contribution in [0.2, 0.25) is 0 Å². The van der Waals surface area contributed by atoms with Gasteiger partial charge in [-0.05, 0) is 36.1 Å². The minimum absolute atomic E-state index is 0.0567. The molecule has 0 radical (unpaired) electrons. The Labute approximate surface area is 123 Å². The minimum atomic E-state index is -0.375. The highest BCUT2D eigenvalue weighted by Gasteiger charge is 2.05. The zero-order chi connectivity index (χ0) is 15.1. The van der Waals surface area contributed by atoms with Crippen LogP contribution in [-0.4, -0.2) is 11.1 Å². The molecule has 4 heteroatoms. The zero-order valence-electron chi connectivity index (χ0n) is 11.6. The molecule has 1 atom stereocenters. The summed E-state index contributed by atoms with van der Waals surface area (Å²) in [5, 5.41) is 12.5. The third-order valence-electron chi connectivity index (χ3n) is 3.27. The van der Waals surface area contributed by atoms with E-state index in [-0.39, 0.29) is 11.8 Å². The number of rotatable bonds is 6. The first-order valence-corrected chi connectivity index (χ1v) is 6.82. The van der Waals surface area contributed by atoms with Gasteiger partial charge in [0.2, 0.25) is 0 Å². The monoisotopic (exact) mass is 282 g/mol. The molecule has 0 aliphatic heterocycles. The van der Waals surface area contributed by atoms with E-state index in [1.54, 1.807) is 24.3 Å². The number of nitrogens with zero attached hydrogens (tertiary/aromatic N) is 1. The normalized spacial score (nSPS) is 12.4. The molecule has 1 unspecified atom stereocenters. The Hall–Kier alpha value is -2.62. The maximum absolute atomic E-state index is 10.9. The molecular weight excluding hydrogens is 264 g/mol. The molecule has 0 fully saturated rings. The summed E-state index contributed by atoms with van der Waals surface area (Å²) < 4.78 is 0. The van der Waals surface area contributed by atoms with Crippen LogP contribution < -0.4 is 5.73 Å². The molecule has 2 aromatic rings. The second-order valence-electron chi connectivity index (χ2n) is 4.87. The van der Waals surface area contributed by atoms with Crippen LogP contribution in [0.25, 0.3) is 6.08 Å². The summed E-state index contributed by atoms with van der Waals surface area (Å²) >= 11 is 0. The Morgan fingerprint density at radius 1 is 1.19 bits per heavy atom. The maximum Gasteiger partial charge on any atom is 0.138 e. The SMILES string of the molecule is Nc1cc(C=CC(CCc2ccccc2)N=O)ccc1O. The van der Waals surface area contributed by atoms with Gasteiger partial charge in [0.25, 0.3) is 0 Å². The number of phenolic OH excluding ortho intramolecular Hbond substituents is 1. The van der Waals surface area contributed by atoms with Gasteiger partial charge in [0.05, 0.1) is 5.69 Å². The summed E-state index contributed by atoms with van der Waals surface area (Å²) in [5.74, 6) is 0.0567. The largest absolute Gasteiger partial charge is 0.506 e. The highest BCUT2D eigenvalue weighted by molar-refractivity contribution is 5.61. The van der Waals surface area contributed by atoms with Crippen LogP contribution in [0.4, 0.5) is 5.69 Å². The zero-order valence-corrected chi connectivity index (χ0v) is 11.6. The van der Waals surface area contributed by atoms with Crippen molar-refractivity contribution in [2.45, 2.75) is 18.9 Å². The van der Waals surface area contributed by atoms with Crippen molar-refractivity contribution in [1.29, 1.82) is 0 Å². The Morgan fingerprint density at radius 3 is 2.62 bits per heavy atom. The summed E-state index contributed by atoms with van der Waals surface area (Å²) in [6.07, 6.45) is 5.03. The summed E-state index contributed by atoms with van der Waals surface area (Å²) in [4.78, 5) is 10.9. The van der Waals surface area contributed by atoms with Crippen LogP contribution in [0.3, 0.4) is 0 Å². The lowest BCUT2D eigenvalue weighted by atomic mass is 10.0. The number of hydrogen-bond donors (Lipinski definition) is 2. The van der Waals surface area contributed by atoms with Crippen molar-refractivity contribution < 1.29 is 5.11 Å². The molecular formula is C17H18N2O2. The topological polar surface area (TPSA) is 75.7 Å². The molecule has 2 aromatic carbocycles. The van der Waals surface area contributed by atoms with Gasteiger partial charge in [-0.3, -0.25) is 0 Å². The van der Waals surface area contributed by atoms with Crippen molar-refractivity contribution in [3.05, 3.63) is 70.6 Å².